The van der Waals surface area contributed by atoms with Crippen LogP contribution in [0.15, 0.2) is 0 Å². The Morgan fingerprint density at radius 3 is 2.62 bits per heavy atom. The first-order valence-electron chi connectivity index (χ1n) is 8.22. The summed E-state index contributed by atoms with van der Waals surface area (Å²) in [6, 6.07) is 0. The molecule has 0 aromatic heterocycles. The molecule has 2 bridgehead atoms. The van der Waals surface area contributed by atoms with Crippen LogP contribution in [-0.2, 0) is 9.53 Å². The van der Waals surface area contributed by atoms with Gasteiger partial charge in [0, 0.05) is 23.4 Å². The Morgan fingerprint density at radius 2 is 2.00 bits per heavy atom. The van der Waals surface area contributed by atoms with Gasteiger partial charge in [-0.15, -0.1) is 0 Å². The highest BCUT2D eigenvalue weighted by atomic mass is 16.6. The minimum absolute atomic E-state index is 0.0514. The van der Waals surface area contributed by atoms with Crippen LogP contribution < -0.4 is 0 Å². The van der Waals surface area contributed by atoms with Crippen molar-refractivity contribution in [3.05, 3.63) is 0 Å². The molecular formula is C17H26O4. The minimum atomic E-state index is -0.726. The molecule has 3 saturated carbocycles. The lowest BCUT2D eigenvalue weighted by Gasteiger charge is -2.52. The van der Waals surface area contributed by atoms with Crippen LogP contribution in [0.2, 0.25) is 0 Å². The lowest BCUT2D eigenvalue weighted by Crippen LogP contribution is -2.60. The smallest absolute Gasteiger partial charge is 0.310 e. The Bertz CT molecular complexity index is 529. The third kappa shape index (κ3) is 1.00. The molecule has 118 valence electrons. The van der Waals surface area contributed by atoms with E-state index in [1.807, 2.05) is 0 Å². The van der Waals surface area contributed by atoms with E-state index in [1.165, 1.54) is 0 Å². The summed E-state index contributed by atoms with van der Waals surface area (Å²) in [7, 11) is 0. The molecule has 0 unspecified atom stereocenters. The zero-order valence-electron chi connectivity index (χ0n) is 13.3. The fraction of sp³-hybridized carbons (Fsp3) is 0.941. The standard InChI is InChI=1S/C17H26O4/c1-9-5-6-16-11-10(8-18)15(4,14(16,2)3)13(20)17(16,7-9)21-12(11)19/h9-11,13,18,20H,5-8H2,1-4H3/t9-,10+,11+,13-,15-,16-,17+/m1/s1. The number of aliphatic hydroxyl groups excluding tert-OH is 2. The highest BCUT2D eigenvalue weighted by Gasteiger charge is 2.92. The van der Waals surface area contributed by atoms with Gasteiger partial charge in [0.15, 0.2) is 0 Å². The van der Waals surface area contributed by atoms with Crippen molar-refractivity contribution in [3.8, 4) is 0 Å². The molecule has 0 aromatic carbocycles. The van der Waals surface area contributed by atoms with Gasteiger partial charge in [0.1, 0.15) is 11.7 Å². The predicted molar refractivity (Wildman–Crippen MR) is 76.2 cm³/mol. The summed E-state index contributed by atoms with van der Waals surface area (Å²) in [5.41, 5.74) is -1.73. The van der Waals surface area contributed by atoms with Crippen molar-refractivity contribution in [2.75, 3.05) is 6.61 Å². The second-order valence-electron chi connectivity index (χ2n) is 8.71. The predicted octanol–water partition coefficient (Wildman–Crippen LogP) is 1.73. The number of carbonyl (C=O) groups excluding carboxylic acids is 1. The quantitative estimate of drug-likeness (QED) is 0.723. The minimum Gasteiger partial charge on any atom is -0.455 e. The van der Waals surface area contributed by atoms with Gasteiger partial charge in [-0.25, -0.2) is 0 Å². The Labute approximate surface area is 125 Å². The number of esters is 1. The largest absolute Gasteiger partial charge is 0.455 e. The molecule has 4 rings (SSSR count). The van der Waals surface area contributed by atoms with Gasteiger partial charge >= 0.3 is 5.97 Å². The maximum Gasteiger partial charge on any atom is 0.310 e. The average molecular weight is 294 g/mol. The van der Waals surface area contributed by atoms with Crippen LogP contribution in [0, 0.1) is 34.0 Å². The summed E-state index contributed by atoms with van der Waals surface area (Å²) in [5.74, 6) is -0.169. The Morgan fingerprint density at radius 1 is 1.33 bits per heavy atom. The van der Waals surface area contributed by atoms with Crippen LogP contribution in [0.3, 0.4) is 0 Å². The van der Waals surface area contributed by atoms with E-state index < -0.39 is 17.1 Å². The zero-order valence-corrected chi connectivity index (χ0v) is 13.3. The molecule has 4 fully saturated rings. The normalized spacial score (nSPS) is 60.0. The second kappa shape index (κ2) is 3.48. The topological polar surface area (TPSA) is 66.8 Å². The van der Waals surface area contributed by atoms with Crippen molar-refractivity contribution in [1.82, 2.24) is 0 Å². The van der Waals surface area contributed by atoms with Gasteiger partial charge in [-0.3, -0.25) is 4.79 Å². The molecule has 4 heteroatoms. The summed E-state index contributed by atoms with van der Waals surface area (Å²) >= 11 is 0. The fourth-order valence-corrected chi connectivity index (χ4v) is 7.25. The van der Waals surface area contributed by atoms with Crippen molar-refractivity contribution in [2.45, 2.75) is 58.7 Å². The summed E-state index contributed by atoms with van der Waals surface area (Å²) in [4.78, 5) is 12.7. The van der Waals surface area contributed by atoms with E-state index in [-0.39, 0.29) is 35.2 Å². The molecule has 1 aliphatic heterocycles. The monoisotopic (exact) mass is 294 g/mol. The molecule has 1 spiro atoms. The Kier molecular flexibility index (Phi) is 2.32. The molecule has 0 radical (unpaired) electrons. The maximum absolute atomic E-state index is 12.7. The molecule has 3 aliphatic carbocycles. The molecule has 4 nitrogen and oxygen atoms in total. The van der Waals surface area contributed by atoms with Crippen molar-refractivity contribution in [1.29, 1.82) is 0 Å². The fourth-order valence-electron chi connectivity index (χ4n) is 7.25. The van der Waals surface area contributed by atoms with Crippen LogP contribution in [0.5, 0.6) is 0 Å². The van der Waals surface area contributed by atoms with Crippen molar-refractivity contribution in [2.24, 2.45) is 34.0 Å². The van der Waals surface area contributed by atoms with E-state index in [4.69, 9.17) is 4.74 Å². The van der Waals surface area contributed by atoms with E-state index in [0.717, 1.165) is 19.3 Å². The molecular weight excluding hydrogens is 268 g/mol. The first-order chi connectivity index (χ1) is 9.70. The van der Waals surface area contributed by atoms with Crippen molar-refractivity contribution in [3.63, 3.8) is 0 Å². The van der Waals surface area contributed by atoms with Crippen molar-refractivity contribution < 1.29 is 19.7 Å². The van der Waals surface area contributed by atoms with Gasteiger partial charge in [-0.1, -0.05) is 27.7 Å². The number of ether oxygens (including phenoxy) is 1. The Balaban J connectivity index is 2.03. The summed E-state index contributed by atoms with van der Waals surface area (Å²) in [6.45, 7) is 8.55. The summed E-state index contributed by atoms with van der Waals surface area (Å²) in [6.07, 6.45) is 2.07. The van der Waals surface area contributed by atoms with E-state index >= 15 is 0 Å². The van der Waals surface area contributed by atoms with Gasteiger partial charge < -0.3 is 14.9 Å². The molecule has 21 heavy (non-hydrogen) atoms. The van der Waals surface area contributed by atoms with Gasteiger partial charge in [0.25, 0.3) is 0 Å². The number of hydrogen-bond donors (Lipinski definition) is 2. The molecule has 0 amide bonds. The van der Waals surface area contributed by atoms with Gasteiger partial charge in [-0.05, 0) is 30.6 Å². The van der Waals surface area contributed by atoms with E-state index in [0.29, 0.717) is 5.92 Å². The molecule has 4 aliphatic rings. The molecule has 1 saturated heterocycles. The number of rotatable bonds is 1. The first-order valence-corrected chi connectivity index (χ1v) is 8.22. The van der Waals surface area contributed by atoms with Crippen LogP contribution in [0.25, 0.3) is 0 Å². The lowest BCUT2D eigenvalue weighted by molar-refractivity contribution is -0.184. The second-order valence-corrected chi connectivity index (χ2v) is 8.71. The van der Waals surface area contributed by atoms with E-state index in [1.54, 1.807) is 0 Å². The van der Waals surface area contributed by atoms with E-state index in [9.17, 15) is 15.0 Å². The summed E-state index contributed by atoms with van der Waals surface area (Å²) < 4.78 is 5.94. The molecule has 7 atom stereocenters. The molecule has 2 N–H and O–H groups in total. The third-order valence-corrected chi connectivity index (χ3v) is 8.35. The molecule has 1 heterocycles. The van der Waals surface area contributed by atoms with Crippen LogP contribution in [-0.4, -0.2) is 34.5 Å². The van der Waals surface area contributed by atoms with Crippen molar-refractivity contribution >= 4 is 5.97 Å². The van der Waals surface area contributed by atoms with Crippen LogP contribution in [0.4, 0.5) is 0 Å². The van der Waals surface area contributed by atoms with Crippen LogP contribution in [0.1, 0.15) is 47.0 Å². The van der Waals surface area contributed by atoms with Crippen LogP contribution >= 0.6 is 0 Å². The highest BCUT2D eigenvalue weighted by Crippen LogP contribution is 2.85. The van der Waals surface area contributed by atoms with Gasteiger partial charge in [-0.2, -0.15) is 0 Å². The zero-order chi connectivity index (χ0) is 15.4. The number of carbonyl (C=O) groups is 1. The van der Waals surface area contributed by atoms with E-state index in [2.05, 4.69) is 27.7 Å². The number of hydrogen-bond acceptors (Lipinski definition) is 4. The number of fused-ring (bicyclic) bond motifs is 1. The molecule has 0 aromatic rings. The Hall–Kier alpha value is -0.610. The first kappa shape index (κ1) is 14.0. The maximum atomic E-state index is 12.7. The highest BCUT2D eigenvalue weighted by molar-refractivity contribution is 5.81. The number of aliphatic hydroxyl groups is 2. The van der Waals surface area contributed by atoms with Gasteiger partial charge in [0.05, 0.1) is 5.92 Å². The average Bonchev–Trinajstić information content (AvgIpc) is 2.77. The lowest BCUT2D eigenvalue weighted by atomic mass is 9.52. The SMILES string of the molecule is C[C@@H]1CC[C@]23[C@@H]4C(=O)O[C@@]2(C1)[C@H](O)[C@@](C)([C@H]4CO)C3(C)C. The third-order valence-electron chi connectivity index (χ3n) is 8.35. The summed E-state index contributed by atoms with van der Waals surface area (Å²) in [5, 5.41) is 21.2. The van der Waals surface area contributed by atoms with Gasteiger partial charge in [0.2, 0.25) is 0 Å².